The Labute approximate surface area is 188 Å². The molecule has 1 fully saturated rings. The summed E-state index contributed by atoms with van der Waals surface area (Å²) >= 11 is 0. The first-order chi connectivity index (χ1) is 12.9. The zero-order valence-electron chi connectivity index (χ0n) is 18.6. The van der Waals surface area contributed by atoms with Gasteiger partial charge in [0.25, 0.3) is 0 Å². The highest BCUT2D eigenvalue weighted by atomic mass is 127. The van der Waals surface area contributed by atoms with E-state index in [2.05, 4.69) is 54.3 Å². The van der Waals surface area contributed by atoms with Crippen molar-refractivity contribution in [2.45, 2.75) is 65.3 Å². The molecule has 0 bridgehead atoms. The second-order valence-corrected chi connectivity index (χ2v) is 8.28. The van der Waals surface area contributed by atoms with Gasteiger partial charge in [-0.15, -0.1) is 24.0 Å². The van der Waals surface area contributed by atoms with Crippen molar-refractivity contribution in [2.75, 3.05) is 33.9 Å². The molecule has 0 amide bonds. The average Bonchev–Trinajstić information content (AvgIpc) is 3.23. The van der Waals surface area contributed by atoms with Gasteiger partial charge in [-0.2, -0.15) is 5.10 Å². The Morgan fingerprint density at radius 3 is 2.64 bits per heavy atom. The minimum Gasteiger partial charge on any atom is -0.382 e. The molecule has 0 unspecified atom stereocenters. The third-order valence-corrected chi connectivity index (χ3v) is 5.73. The summed E-state index contributed by atoms with van der Waals surface area (Å²) < 4.78 is 7.55. The first kappa shape index (κ1) is 25.2. The predicted octanol–water partition coefficient (Wildman–Crippen LogP) is 4.16. The molecule has 0 saturated heterocycles. The largest absolute Gasteiger partial charge is 0.382 e. The van der Waals surface area contributed by atoms with Crippen LogP contribution in [0.1, 0.15) is 70.1 Å². The van der Waals surface area contributed by atoms with Crippen LogP contribution in [-0.2, 0) is 18.3 Å². The molecule has 2 rings (SSSR count). The molecule has 0 atom stereocenters. The summed E-state index contributed by atoms with van der Waals surface area (Å²) in [7, 11) is 5.96. The number of nitrogens with one attached hydrogen (secondary N) is 1. The second-order valence-electron chi connectivity index (χ2n) is 8.28. The minimum absolute atomic E-state index is 0. The van der Waals surface area contributed by atoms with E-state index in [1.165, 1.54) is 36.9 Å². The Morgan fingerprint density at radius 1 is 1.39 bits per heavy atom. The van der Waals surface area contributed by atoms with Crippen molar-refractivity contribution in [1.82, 2.24) is 20.0 Å². The van der Waals surface area contributed by atoms with Gasteiger partial charge in [-0.05, 0) is 37.5 Å². The Balaban J connectivity index is 0.00000392. The van der Waals surface area contributed by atoms with E-state index in [4.69, 9.17) is 4.74 Å². The third kappa shape index (κ3) is 6.90. The molecule has 6 nitrogen and oxygen atoms in total. The highest BCUT2D eigenvalue weighted by molar-refractivity contribution is 14.0. The van der Waals surface area contributed by atoms with Crippen molar-refractivity contribution in [2.24, 2.45) is 17.5 Å². The fraction of sp³-hybridized carbons (Fsp3) is 0.810. The van der Waals surface area contributed by atoms with Gasteiger partial charge >= 0.3 is 0 Å². The summed E-state index contributed by atoms with van der Waals surface area (Å²) in [5, 5.41) is 8.27. The van der Waals surface area contributed by atoms with E-state index in [9.17, 15) is 0 Å². The standard InChI is InChI=1S/C21H39N5O.HI/c1-7-27-13-12-21(10-8-9-11-21)16-23-20(22-4)25(5)14-18-15-26(6)24-19(18)17(2)3;/h15,17H,7-14,16H2,1-6H3,(H,22,23);1H. The number of aryl methyl sites for hydroxylation is 1. The number of ether oxygens (including phenoxy) is 1. The van der Waals surface area contributed by atoms with Crippen LogP contribution in [-0.4, -0.2) is 54.5 Å². The van der Waals surface area contributed by atoms with Crippen LogP contribution in [0.3, 0.4) is 0 Å². The first-order valence-electron chi connectivity index (χ1n) is 10.4. The van der Waals surface area contributed by atoms with Crippen LogP contribution in [0, 0.1) is 5.41 Å². The van der Waals surface area contributed by atoms with Crippen molar-refractivity contribution >= 4 is 29.9 Å². The van der Waals surface area contributed by atoms with Gasteiger partial charge in [0.1, 0.15) is 0 Å². The van der Waals surface area contributed by atoms with Crippen LogP contribution in [0.25, 0.3) is 0 Å². The summed E-state index contributed by atoms with van der Waals surface area (Å²) in [6, 6.07) is 0. The van der Waals surface area contributed by atoms with Gasteiger partial charge in [-0.25, -0.2) is 0 Å². The number of halogens is 1. The Kier molecular flexibility index (Phi) is 10.8. The van der Waals surface area contributed by atoms with Crippen molar-refractivity contribution in [1.29, 1.82) is 0 Å². The van der Waals surface area contributed by atoms with Crippen LogP contribution >= 0.6 is 24.0 Å². The number of rotatable bonds is 9. The van der Waals surface area contributed by atoms with Crippen LogP contribution in [0.2, 0.25) is 0 Å². The zero-order valence-corrected chi connectivity index (χ0v) is 21.0. The molecule has 1 aliphatic rings. The van der Waals surface area contributed by atoms with Crippen LogP contribution < -0.4 is 5.32 Å². The van der Waals surface area contributed by atoms with E-state index in [1.54, 1.807) is 0 Å². The van der Waals surface area contributed by atoms with Gasteiger partial charge in [0.05, 0.1) is 5.69 Å². The molecule has 1 aromatic rings. The quantitative estimate of drug-likeness (QED) is 0.237. The molecule has 0 radical (unpaired) electrons. The number of guanidine groups is 1. The van der Waals surface area contributed by atoms with Gasteiger partial charge in [-0.1, -0.05) is 26.7 Å². The molecule has 1 aliphatic carbocycles. The number of nitrogens with zero attached hydrogens (tertiary/aromatic N) is 4. The molecular weight excluding hydrogens is 465 g/mol. The summed E-state index contributed by atoms with van der Waals surface area (Å²) in [5.41, 5.74) is 2.79. The minimum atomic E-state index is 0. The highest BCUT2D eigenvalue weighted by Gasteiger charge is 2.33. The normalized spacial score (nSPS) is 16.3. The molecule has 0 aromatic carbocycles. The van der Waals surface area contributed by atoms with Crippen molar-refractivity contribution in [3.8, 4) is 0 Å². The molecule has 0 aliphatic heterocycles. The summed E-state index contributed by atoms with van der Waals surface area (Å²) in [4.78, 5) is 6.73. The Morgan fingerprint density at radius 2 is 2.07 bits per heavy atom. The van der Waals surface area contributed by atoms with Gasteiger partial charge in [0.2, 0.25) is 0 Å². The Bertz CT molecular complexity index is 608. The van der Waals surface area contributed by atoms with Gasteiger partial charge < -0.3 is 15.0 Å². The van der Waals surface area contributed by atoms with Crippen LogP contribution in [0.5, 0.6) is 0 Å². The predicted molar refractivity (Wildman–Crippen MR) is 128 cm³/mol. The van der Waals surface area contributed by atoms with Crippen molar-refractivity contribution in [3.63, 3.8) is 0 Å². The average molecular weight is 505 g/mol. The van der Waals surface area contributed by atoms with E-state index >= 15 is 0 Å². The molecule has 28 heavy (non-hydrogen) atoms. The highest BCUT2D eigenvalue weighted by Crippen LogP contribution is 2.40. The maximum atomic E-state index is 5.64. The summed E-state index contributed by atoms with van der Waals surface area (Å²) in [6.07, 6.45) is 8.49. The molecule has 1 saturated carbocycles. The Hall–Kier alpha value is -0.830. The van der Waals surface area contributed by atoms with Crippen molar-refractivity contribution < 1.29 is 4.74 Å². The third-order valence-electron chi connectivity index (χ3n) is 5.73. The SMILES string of the molecule is CCOCCC1(CNC(=NC)N(C)Cc2cn(C)nc2C(C)C)CCCC1.I. The van der Waals surface area contributed by atoms with Crippen molar-refractivity contribution in [3.05, 3.63) is 17.5 Å². The van der Waals surface area contributed by atoms with E-state index in [0.29, 0.717) is 11.3 Å². The fourth-order valence-electron chi connectivity index (χ4n) is 4.22. The second kappa shape index (κ2) is 12.0. The van der Waals surface area contributed by atoms with E-state index in [-0.39, 0.29) is 24.0 Å². The monoisotopic (exact) mass is 505 g/mol. The smallest absolute Gasteiger partial charge is 0.193 e. The number of hydrogen-bond acceptors (Lipinski definition) is 3. The van der Waals surface area contributed by atoms with E-state index in [1.807, 2.05) is 18.8 Å². The molecule has 0 spiro atoms. The lowest BCUT2D eigenvalue weighted by atomic mass is 9.83. The first-order valence-corrected chi connectivity index (χ1v) is 10.4. The molecule has 1 N–H and O–H groups in total. The fourth-order valence-corrected chi connectivity index (χ4v) is 4.22. The van der Waals surface area contributed by atoms with Gasteiger partial charge in [-0.3, -0.25) is 9.67 Å². The molecule has 1 aromatic heterocycles. The summed E-state index contributed by atoms with van der Waals surface area (Å²) in [5.74, 6) is 1.38. The van der Waals surface area contributed by atoms with Gasteiger partial charge in [0.15, 0.2) is 5.96 Å². The maximum Gasteiger partial charge on any atom is 0.193 e. The topological polar surface area (TPSA) is 54.7 Å². The maximum absolute atomic E-state index is 5.64. The lowest BCUT2D eigenvalue weighted by molar-refractivity contribution is 0.104. The van der Waals surface area contributed by atoms with E-state index in [0.717, 1.165) is 38.7 Å². The number of aromatic nitrogens is 2. The molecule has 1 heterocycles. The molecular formula is C21H40IN5O. The van der Waals surface area contributed by atoms with Gasteiger partial charge in [0, 0.05) is 59.2 Å². The lowest BCUT2D eigenvalue weighted by Gasteiger charge is -2.32. The number of hydrogen-bond donors (Lipinski definition) is 1. The van der Waals surface area contributed by atoms with E-state index < -0.39 is 0 Å². The molecule has 162 valence electrons. The summed E-state index contributed by atoms with van der Waals surface area (Å²) in [6.45, 7) is 9.91. The zero-order chi connectivity index (χ0) is 19.9. The molecule has 7 heteroatoms. The van der Waals surface area contributed by atoms with Crippen LogP contribution in [0.15, 0.2) is 11.2 Å². The lowest BCUT2D eigenvalue weighted by Crippen LogP contribution is -2.44. The van der Waals surface area contributed by atoms with Crippen LogP contribution in [0.4, 0.5) is 0 Å². The number of aliphatic imine (C=N–C) groups is 1.